The van der Waals surface area contributed by atoms with Gasteiger partial charge in [-0.05, 0) is 49.8 Å². The number of rotatable bonds is 3. The van der Waals surface area contributed by atoms with E-state index in [1.54, 1.807) is 12.1 Å². The predicted octanol–water partition coefficient (Wildman–Crippen LogP) is 4.10. The van der Waals surface area contributed by atoms with Gasteiger partial charge in [0, 0.05) is 13.1 Å². The molecule has 1 aromatic carbocycles. The van der Waals surface area contributed by atoms with E-state index in [2.05, 4.69) is 6.92 Å². The average Bonchev–Trinajstić information content (AvgIpc) is 2.46. The highest BCUT2D eigenvalue weighted by atomic mass is 19.1. The van der Waals surface area contributed by atoms with Crippen LogP contribution in [0.1, 0.15) is 44.6 Å². The van der Waals surface area contributed by atoms with Crippen molar-refractivity contribution in [2.45, 2.75) is 45.1 Å². The molecule has 0 heterocycles. The third-order valence-corrected chi connectivity index (χ3v) is 4.40. The Kier molecular flexibility index (Phi) is 4.42. The zero-order chi connectivity index (χ0) is 13.8. The molecule has 0 amide bonds. The van der Waals surface area contributed by atoms with E-state index < -0.39 is 0 Å². The van der Waals surface area contributed by atoms with Gasteiger partial charge in [-0.25, -0.2) is 4.39 Å². The normalized spacial score (nSPS) is 22.8. The molecule has 1 aromatic rings. The van der Waals surface area contributed by atoms with E-state index in [1.807, 2.05) is 18.0 Å². The molecular formula is C16H21FN2. The van der Waals surface area contributed by atoms with E-state index in [0.29, 0.717) is 17.3 Å². The van der Waals surface area contributed by atoms with Crippen LogP contribution in [0.25, 0.3) is 0 Å². The Hall–Kier alpha value is -1.56. The predicted molar refractivity (Wildman–Crippen MR) is 75.6 cm³/mol. The SMILES string of the molecule is CCC1CCC(N(C)c2ccc(C#N)cc2F)CC1. The summed E-state index contributed by atoms with van der Waals surface area (Å²) in [5, 5.41) is 8.77. The minimum absolute atomic E-state index is 0.292. The molecule has 0 bridgehead atoms. The third-order valence-electron chi connectivity index (χ3n) is 4.40. The van der Waals surface area contributed by atoms with Gasteiger partial charge >= 0.3 is 0 Å². The maximum absolute atomic E-state index is 14.0. The Bertz CT molecular complexity index is 470. The first-order chi connectivity index (χ1) is 9.15. The van der Waals surface area contributed by atoms with Crippen molar-refractivity contribution >= 4 is 5.69 Å². The molecule has 1 fully saturated rings. The fourth-order valence-corrected chi connectivity index (χ4v) is 3.00. The molecule has 1 aliphatic carbocycles. The summed E-state index contributed by atoms with van der Waals surface area (Å²) in [6.07, 6.45) is 6.00. The molecule has 3 heteroatoms. The molecule has 1 aliphatic rings. The summed E-state index contributed by atoms with van der Waals surface area (Å²) in [6.45, 7) is 2.25. The molecule has 1 saturated carbocycles. The van der Waals surface area contributed by atoms with Gasteiger partial charge < -0.3 is 4.90 Å². The smallest absolute Gasteiger partial charge is 0.147 e. The van der Waals surface area contributed by atoms with Crippen LogP contribution in [0.15, 0.2) is 18.2 Å². The molecule has 2 nitrogen and oxygen atoms in total. The highest BCUT2D eigenvalue weighted by molar-refractivity contribution is 5.51. The van der Waals surface area contributed by atoms with Crippen molar-refractivity contribution in [3.05, 3.63) is 29.6 Å². The number of benzene rings is 1. The Balaban J connectivity index is 2.08. The Morgan fingerprint density at radius 3 is 2.53 bits per heavy atom. The van der Waals surface area contributed by atoms with Crippen LogP contribution in [0, 0.1) is 23.1 Å². The first kappa shape index (κ1) is 13.9. The monoisotopic (exact) mass is 260 g/mol. The summed E-state index contributed by atoms with van der Waals surface area (Å²) < 4.78 is 14.0. The topological polar surface area (TPSA) is 27.0 Å². The largest absolute Gasteiger partial charge is 0.369 e. The molecule has 0 aliphatic heterocycles. The minimum Gasteiger partial charge on any atom is -0.369 e. The second kappa shape index (κ2) is 6.06. The van der Waals surface area contributed by atoms with Crippen molar-refractivity contribution in [1.29, 1.82) is 5.26 Å². The Morgan fingerprint density at radius 1 is 1.32 bits per heavy atom. The van der Waals surface area contributed by atoms with Crippen molar-refractivity contribution < 1.29 is 4.39 Å². The fraction of sp³-hybridized carbons (Fsp3) is 0.562. The van der Waals surface area contributed by atoms with Gasteiger partial charge in [-0.1, -0.05) is 13.3 Å². The van der Waals surface area contributed by atoms with E-state index in [1.165, 1.54) is 25.3 Å². The molecule has 0 radical (unpaired) electrons. The molecular weight excluding hydrogens is 239 g/mol. The quantitative estimate of drug-likeness (QED) is 0.818. The number of hydrogen-bond acceptors (Lipinski definition) is 2. The molecule has 0 aromatic heterocycles. The van der Waals surface area contributed by atoms with Crippen LogP contribution >= 0.6 is 0 Å². The van der Waals surface area contributed by atoms with E-state index in [4.69, 9.17) is 5.26 Å². The van der Waals surface area contributed by atoms with Crippen LogP contribution in [0.5, 0.6) is 0 Å². The van der Waals surface area contributed by atoms with Crippen LogP contribution in [-0.4, -0.2) is 13.1 Å². The van der Waals surface area contributed by atoms with Crippen LogP contribution in [0.2, 0.25) is 0 Å². The van der Waals surface area contributed by atoms with Crippen LogP contribution < -0.4 is 4.90 Å². The summed E-state index contributed by atoms with van der Waals surface area (Å²) in [4.78, 5) is 2.04. The minimum atomic E-state index is -0.292. The van der Waals surface area contributed by atoms with Gasteiger partial charge in [0.1, 0.15) is 5.82 Å². The third kappa shape index (κ3) is 3.07. The zero-order valence-electron chi connectivity index (χ0n) is 11.7. The van der Waals surface area contributed by atoms with E-state index >= 15 is 0 Å². The number of hydrogen-bond donors (Lipinski definition) is 0. The highest BCUT2D eigenvalue weighted by Gasteiger charge is 2.24. The molecule has 0 spiro atoms. The Labute approximate surface area is 114 Å². The lowest BCUT2D eigenvalue weighted by Crippen LogP contribution is -2.35. The summed E-state index contributed by atoms with van der Waals surface area (Å²) in [7, 11) is 1.96. The zero-order valence-corrected chi connectivity index (χ0v) is 11.7. The van der Waals surface area contributed by atoms with Crippen molar-refractivity contribution in [3.63, 3.8) is 0 Å². The van der Waals surface area contributed by atoms with Gasteiger partial charge in [-0.2, -0.15) is 5.26 Å². The lowest BCUT2D eigenvalue weighted by atomic mass is 9.84. The number of nitriles is 1. The summed E-state index contributed by atoms with van der Waals surface area (Å²) in [6, 6.07) is 7.12. The van der Waals surface area contributed by atoms with Crippen LogP contribution in [0.4, 0.5) is 10.1 Å². The van der Waals surface area contributed by atoms with Gasteiger partial charge in [-0.15, -0.1) is 0 Å². The van der Waals surface area contributed by atoms with Crippen molar-refractivity contribution in [2.75, 3.05) is 11.9 Å². The molecule has 102 valence electrons. The van der Waals surface area contributed by atoms with E-state index in [-0.39, 0.29) is 5.82 Å². The summed E-state index contributed by atoms with van der Waals surface area (Å²) >= 11 is 0. The number of nitrogens with zero attached hydrogens (tertiary/aromatic N) is 2. The first-order valence-electron chi connectivity index (χ1n) is 7.08. The molecule has 0 N–H and O–H groups in total. The average molecular weight is 260 g/mol. The number of halogens is 1. The van der Waals surface area contributed by atoms with Gasteiger partial charge in [0.15, 0.2) is 0 Å². The van der Waals surface area contributed by atoms with Crippen LogP contribution in [0.3, 0.4) is 0 Å². The molecule has 0 saturated heterocycles. The standard InChI is InChI=1S/C16H21FN2/c1-3-12-4-7-14(8-5-12)19(2)16-9-6-13(11-18)10-15(16)17/h6,9-10,12,14H,3-5,7-8H2,1-2H3. The van der Waals surface area contributed by atoms with Gasteiger partial charge in [0.2, 0.25) is 0 Å². The highest BCUT2D eigenvalue weighted by Crippen LogP contribution is 2.32. The number of anilines is 1. The van der Waals surface area contributed by atoms with Crippen molar-refractivity contribution in [2.24, 2.45) is 5.92 Å². The second-order valence-electron chi connectivity index (χ2n) is 5.47. The van der Waals surface area contributed by atoms with Crippen molar-refractivity contribution in [1.82, 2.24) is 0 Å². The fourth-order valence-electron chi connectivity index (χ4n) is 3.00. The first-order valence-corrected chi connectivity index (χ1v) is 7.08. The molecule has 0 unspecified atom stereocenters. The molecule has 0 atom stereocenters. The lowest BCUT2D eigenvalue weighted by molar-refractivity contribution is 0.312. The molecule has 2 rings (SSSR count). The van der Waals surface area contributed by atoms with Gasteiger partial charge in [-0.3, -0.25) is 0 Å². The van der Waals surface area contributed by atoms with E-state index in [9.17, 15) is 4.39 Å². The van der Waals surface area contributed by atoms with Gasteiger partial charge in [0.25, 0.3) is 0 Å². The lowest BCUT2D eigenvalue weighted by Gasteiger charge is -2.36. The van der Waals surface area contributed by atoms with E-state index in [0.717, 1.165) is 18.8 Å². The maximum Gasteiger partial charge on any atom is 0.147 e. The van der Waals surface area contributed by atoms with Crippen molar-refractivity contribution in [3.8, 4) is 6.07 Å². The second-order valence-corrected chi connectivity index (χ2v) is 5.47. The maximum atomic E-state index is 14.0. The van der Waals surface area contributed by atoms with Crippen LogP contribution in [-0.2, 0) is 0 Å². The summed E-state index contributed by atoms with van der Waals surface area (Å²) in [5.41, 5.74) is 0.989. The van der Waals surface area contributed by atoms with Gasteiger partial charge in [0.05, 0.1) is 17.3 Å². The summed E-state index contributed by atoms with van der Waals surface area (Å²) in [5.74, 6) is 0.551. The molecule has 19 heavy (non-hydrogen) atoms. The Morgan fingerprint density at radius 2 is 2.00 bits per heavy atom.